The van der Waals surface area contributed by atoms with Gasteiger partial charge in [-0.1, -0.05) is 24.3 Å². The number of aromatic amines is 1. The summed E-state index contributed by atoms with van der Waals surface area (Å²) in [4.78, 5) is 0.365. The Morgan fingerprint density at radius 2 is 1.97 bits per heavy atom. The third-order valence-corrected chi connectivity index (χ3v) is 7.88. The predicted molar refractivity (Wildman–Crippen MR) is 115 cm³/mol. The molecule has 8 heteroatoms. The molecule has 7 nitrogen and oxygen atoms in total. The van der Waals surface area contributed by atoms with Crippen molar-refractivity contribution in [2.45, 2.75) is 30.8 Å². The van der Waals surface area contributed by atoms with Gasteiger partial charge in [0, 0.05) is 41.8 Å². The van der Waals surface area contributed by atoms with Crippen molar-refractivity contribution in [1.82, 2.24) is 24.3 Å². The minimum absolute atomic E-state index is 0.0131. The van der Waals surface area contributed by atoms with Crippen molar-refractivity contribution in [2.75, 3.05) is 6.54 Å². The highest BCUT2D eigenvalue weighted by Crippen LogP contribution is 2.31. The van der Waals surface area contributed by atoms with Crippen LogP contribution in [0.25, 0.3) is 22.2 Å². The summed E-state index contributed by atoms with van der Waals surface area (Å²) in [5.74, 6) is 0.268. The number of fused-ring (bicyclic) bond motifs is 1. The SMILES string of the molecule is CC1CC(Cn2ccc3cc(-c4cn[nH]n4)ccc32)CN1S(=O)(=O)c1ccccc1. The Bertz CT molecular complexity index is 1270. The molecule has 2 aromatic carbocycles. The third-order valence-electron chi connectivity index (χ3n) is 5.89. The maximum Gasteiger partial charge on any atom is 0.243 e. The van der Waals surface area contributed by atoms with E-state index in [4.69, 9.17) is 0 Å². The molecule has 1 fully saturated rings. The lowest BCUT2D eigenvalue weighted by Gasteiger charge is -2.21. The van der Waals surface area contributed by atoms with E-state index in [1.807, 2.05) is 19.1 Å². The smallest absolute Gasteiger partial charge is 0.243 e. The van der Waals surface area contributed by atoms with Gasteiger partial charge in [-0.2, -0.15) is 19.7 Å². The van der Waals surface area contributed by atoms with E-state index in [9.17, 15) is 8.42 Å². The Morgan fingerprint density at radius 1 is 1.13 bits per heavy atom. The third kappa shape index (κ3) is 3.32. The molecule has 0 aliphatic carbocycles. The van der Waals surface area contributed by atoms with E-state index in [-0.39, 0.29) is 12.0 Å². The van der Waals surface area contributed by atoms with Gasteiger partial charge in [0.05, 0.1) is 11.1 Å². The summed E-state index contributed by atoms with van der Waals surface area (Å²) in [6.45, 7) is 3.32. The minimum atomic E-state index is -3.46. The number of rotatable bonds is 5. The summed E-state index contributed by atoms with van der Waals surface area (Å²) in [6, 6.07) is 17.0. The van der Waals surface area contributed by atoms with Crippen molar-refractivity contribution in [3.05, 3.63) is 67.0 Å². The van der Waals surface area contributed by atoms with E-state index in [1.165, 1.54) is 0 Å². The van der Waals surface area contributed by atoms with Crippen LogP contribution in [0.5, 0.6) is 0 Å². The predicted octanol–water partition coefficient (Wildman–Crippen LogP) is 3.53. The van der Waals surface area contributed by atoms with Gasteiger partial charge in [0.15, 0.2) is 0 Å². The molecule has 2 unspecified atom stereocenters. The number of nitrogens with zero attached hydrogens (tertiary/aromatic N) is 4. The monoisotopic (exact) mass is 421 g/mol. The molecule has 5 rings (SSSR count). The highest BCUT2D eigenvalue weighted by atomic mass is 32.2. The fourth-order valence-corrected chi connectivity index (χ4v) is 6.18. The molecule has 0 amide bonds. The van der Waals surface area contributed by atoms with Gasteiger partial charge in [0.1, 0.15) is 5.69 Å². The van der Waals surface area contributed by atoms with E-state index in [1.54, 1.807) is 34.8 Å². The number of aromatic nitrogens is 4. The molecular formula is C22H23N5O2S. The number of benzene rings is 2. The highest BCUT2D eigenvalue weighted by Gasteiger charge is 2.37. The quantitative estimate of drug-likeness (QED) is 0.534. The van der Waals surface area contributed by atoms with E-state index in [0.717, 1.165) is 35.1 Å². The van der Waals surface area contributed by atoms with Gasteiger partial charge in [-0.25, -0.2) is 8.42 Å². The van der Waals surface area contributed by atoms with E-state index < -0.39 is 10.0 Å². The Labute approximate surface area is 175 Å². The summed E-state index contributed by atoms with van der Waals surface area (Å²) < 4.78 is 30.0. The van der Waals surface area contributed by atoms with Crippen molar-refractivity contribution in [1.29, 1.82) is 0 Å². The van der Waals surface area contributed by atoms with Crippen LogP contribution in [0.1, 0.15) is 13.3 Å². The Hall–Kier alpha value is -2.97. The fourth-order valence-electron chi connectivity index (χ4n) is 4.44. The first-order valence-electron chi connectivity index (χ1n) is 10.0. The molecule has 154 valence electrons. The van der Waals surface area contributed by atoms with Crippen molar-refractivity contribution < 1.29 is 8.42 Å². The first-order valence-corrected chi connectivity index (χ1v) is 11.5. The Morgan fingerprint density at radius 3 is 2.73 bits per heavy atom. The molecule has 30 heavy (non-hydrogen) atoms. The molecule has 1 aliphatic heterocycles. The van der Waals surface area contributed by atoms with Crippen LogP contribution in [0.15, 0.2) is 71.9 Å². The Kier molecular flexibility index (Phi) is 4.67. The molecule has 3 heterocycles. The number of sulfonamides is 1. The van der Waals surface area contributed by atoms with E-state index in [2.05, 4.69) is 44.4 Å². The number of hydrogen-bond acceptors (Lipinski definition) is 4. The lowest BCUT2D eigenvalue weighted by Crippen LogP contribution is -2.34. The van der Waals surface area contributed by atoms with E-state index >= 15 is 0 Å². The lowest BCUT2D eigenvalue weighted by atomic mass is 10.1. The van der Waals surface area contributed by atoms with Gasteiger partial charge in [-0.3, -0.25) is 0 Å². The second kappa shape index (κ2) is 7.37. The normalized spacial score (nSPS) is 20.2. The minimum Gasteiger partial charge on any atom is -0.347 e. The van der Waals surface area contributed by atoms with Gasteiger partial charge < -0.3 is 4.57 Å². The zero-order valence-electron chi connectivity index (χ0n) is 16.6. The molecule has 1 saturated heterocycles. The fraction of sp³-hybridized carbons (Fsp3) is 0.273. The average molecular weight is 422 g/mol. The van der Waals surface area contributed by atoms with Gasteiger partial charge in [-0.15, -0.1) is 0 Å². The average Bonchev–Trinajstić information content (AvgIpc) is 3.49. The molecule has 0 saturated carbocycles. The molecule has 2 aromatic heterocycles. The van der Waals surface area contributed by atoms with Crippen molar-refractivity contribution >= 4 is 20.9 Å². The first-order chi connectivity index (χ1) is 14.5. The van der Waals surface area contributed by atoms with Gasteiger partial charge in [0.2, 0.25) is 10.0 Å². The molecule has 0 bridgehead atoms. The van der Waals surface area contributed by atoms with Crippen LogP contribution in [0, 0.1) is 5.92 Å². The van der Waals surface area contributed by atoms with Gasteiger partial charge >= 0.3 is 0 Å². The van der Waals surface area contributed by atoms with Crippen molar-refractivity contribution in [3.8, 4) is 11.3 Å². The van der Waals surface area contributed by atoms with Crippen LogP contribution in [-0.2, 0) is 16.6 Å². The summed E-state index contributed by atoms with van der Waals surface area (Å²) in [5.41, 5.74) is 2.97. The largest absolute Gasteiger partial charge is 0.347 e. The first kappa shape index (κ1) is 19.0. The summed E-state index contributed by atoms with van der Waals surface area (Å²) in [7, 11) is -3.46. The second-order valence-electron chi connectivity index (χ2n) is 7.94. The maximum atomic E-state index is 13.1. The maximum absolute atomic E-state index is 13.1. The molecule has 0 radical (unpaired) electrons. The van der Waals surface area contributed by atoms with Crippen LogP contribution in [0.2, 0.25) is 0 Å². The van der Waals surface area contributed by atoms with Crippen LogP contribution in [0.3, 0.4) is 0 Å². The van der Waals surface area contributed by atoms with Crippen molar-refractivity contribution in [2.24, 2.45) is 5.92 Å². The standard InChI is InChI=1S/C22H23N5O2S/c1-16-11-17(15-27(16)30(28,29)20-5-3-2-4-6-20)14-26-10-9-19-12-18(7-8-22(19)26)21-13-23-25-24-21/h2-10,12-13,16-17H,11,14-15H2,1H3,(H,23,24,25). The van der Waals surface area contributed by atoms with Gasteiger partial charge in [0.25, 0.3) is 0 Å². The summed E-state index contributed by atoms with van der Waals surface area (Å²) in [6.07, 6.45) is 4.64. The molecular weight excluding hydrogens is 398 g/mol. The van der Waals surface area contributed by atoms with Crippen LogP contribution >= 0.6 is 0 Å². The van der Waals surface area contributed by atoms with E-state index in [0.29, 0.717) is 11.4 Å². The second-order valence-corrected chi connectivity index (χ2v) is 9.83. The number of nitrogens with one attached hydrogen (secondary N) is 1. The van der Waals surface area contributed by atoms with Crippen LogP contribution < -0.4 is 0 Å². The van der Waals surface area contributed by atoms with Gasteiger partial charge in [-0.05, 0) is 49.6 Å². The zero-order chi connectivity index (χ0) is 20.7. The molecule has 1 N–H and O–H groups in total. The lowest BCUT2D eigenvalue weighted by molar-refractivity contribution is 0.400. The molecule has 1 aliphatic rings. The van der Waals surface area contributed by atoms with Crippen LogP contribution in [-0.4, -0.2) is 45.3 Å². The molecule has 4 aromatic rings. The number of hydrogen-bond donors (Lipinski definition) is 1. The van der Waals surface area contributed by atoms with Crippen molar-refractivity contribution in [3.63, 3.8) is 0 Å². The molecule has 2 atom stereocenters. The zero-order valence-corrected chi connectivity index (χ0v) is 17.5. The Balaban J connectivity index is 1.36. The number of H-pyrrole nitrogens is 1. The van der Waals surface area contributed by atoms with Crippen LogP contribution in [0.4, 0.5) is 0 Å². The summed E-state index contributed by atoms with van der Waals surface area (Å²) >= 11 is 0. The highest BCUT2D eigenvalue weighted by molar-refractivity contribution is 7.89. The topological polar surface area (TPSA) is 83.9 Å². The molecule has 0 spiro atoms. The summed E-state index contributed by atoms with van der Waals surface area (Å²) in [5, 5.41) is 11.8.